The van der Waals surface area contributed by atoms with Gasteiger partial charge in [-0.25, -0.2) is 4.98 Å². The van der Waals surface area contributed by atoms with E-state index in [1.807, 2.05) is 18.2 Å². The van der Waals surface area contributed by atoms with Crippen molar-refractivity contribution in [2.75, 3.05) is 0 Å². The first-order valence-electron chi connectivity index (χ1n) is 4.88. The van der Waals surface area contributed by atoms with E-state index in [9.17, 15) is 0 Å². The highest BCUT2D eigenvalue weighted by atomic mass is 79.9. The maximum atomic E-state index is 5.19. The molecule has 3 rings (SSSR count). The molecule has 3 aromatic rings. The van der Waals surface area contributed by atoms with Crippen LogP contribution in [0.5, 0.6) is 0 Å². The standard InChI is InChI=1S/C10H5Br2N5O/c11-6-1-5(2-7(12)3-6)10-15-9(17-18-10)8-13-4-14-16-8/h1-4H,(H,13,14,16). The van der Waals surface area contributed by atoms with Crippen molar-refractivity contribution >= 4 is 31.9 Å². The second-order valence-electron chi connectivity index (χ2n) is 3.42. The number of nitrogens with one attached hydrogen (secondary N) is 1. The van der Waals surface area contributed by atoms with Crippen molar-refractivity contribution in [2.45, 2.75) is 0 Å². The second kappa shape index (κ2) is 4.62. The van der Waals surface area contributed by atoms with Crippen LogP contribution >= 0.6 is 31.9 Å². The van der Waals surface area contributed by atoms with Crippen molar-refractivity contribution in [1.82, 2.24) is 25.3 Å². The average Bonchev–Trinajstić information content (AvgIpc) is 2.99. The van der Waals surface area contributed by atoms with Crippen LogP contribution in [0.1, 0.15) is 0 Å². The van der Waals surface area contributed by atoms with Gasteiger partial charge in [-0.1, -0.05) is 37.0 Å². The number of hydrogen-bond acceptors (Lipinski definition) is 5. The van der Waals surface area contributed by atoms with Gasteiger partial charge in [-0.2, -0.15) is 10.1 Å². The van der Waals surface area contributed by atoms with Crippen molar-refractivity contribution in [3.63, 3.8) is 0 Å². The molecular formula is C10H5Br2N5O. The summed E-state index contributed by atoms with van der Waals surface area (Å²) < 4.78 is 7.04. The molecule has 1 N–H and O–H groups in total. The molecule has 0 amide bonds. The van der Waals surface area contributed by atoms with E-state index in [2.05, 4.69) is 57.2 Å². The highest BCUT2D eigenvalue weighted by molar-refractivity contribution is 9.11. The molecule has 0 aliphatic heterocycles. The smallest absolute Gasteiger partial charge is 0.258 e. The van der Waals surface area contributed by atoms with Gasteiger partial charge in [-0.3, -0.25) is 5.10 Å². The third kappa shape index (κ3) is 2.21. The van der Waals surface area contributed by atoms with E-state index in [4.69, 9.17) is 4.52 Å². The van der Waals surface area contributed by atoms with E-state index in [1.165, 1.54) is 6.33 Å². The van der Waals surface area contributed by atoms with E-state index in [0.717, 1.165) is 14.5 Å². The molecule has 0 aliphatic carbocycles. The Hall–Kier alpha value is -1.54. The van der Waals surface area contributed by atoms with Crippen LogP contribution in [0.15, 0.2) is 38.0 Å². The Balaban J connectivity index is 2.03. The first-order valence-corrected chi connectivity index (χ1v) is 6.47. The van der Waals surface area contributed by atoms with Gasteiger partial charge in [-0.05, 0) is 18.2 Å². The highest BCUT2D eigenvalue weighted by Gasteiger charge is 2.13. The summed E-state index contributed by atoms with van der Waals surface area (Å²) in [7, 11) is 0. The van der Waals surface area contributed by atoms with E-state index in [0.29, 0.717) is 17.5 Å². The van der Waals surface area contributed by atoms with Gasteiger partial charge < -0.3 is 4.52 Å². The molecule has 0 fully saturated rings. The van der Waals surface area contributed by atoms with Gasteiger partial charge in [0.1, 0.15) is 6.33 Å². The Morgan fingerprint density at radius 3 is 2.56 bits per heavy atom. The van der Waals surface area contributed by atoms with E-state index >= 15 is 0 Å². The van der Waals surface area contributed by atoms with Gasteiger partial charge in [0, 0.05) is 14.5 Å². The van der Waals surface area contributed by atoms with Gasteiger partial charge in [-0.15, -0.1) is 0 Å². The minimum Gasteiger partial charge on any atom is -0.333 e. The predicted octanol–water partition coefficient (Wildman–Crippen LogP) is 3.05. The predicted molar refractivity (Wildman–Crippen MR) is 70.5 cm³/mol. The van der Waals surface area contributed by atoms with Gasteiger partial charge >= 0.3 is 0 Å². The normalized spacial score (nSPS) is 10.8. The summed E-state index contributed by atoms with van der Waals surface area (Å²) in [6.45, 7) is 0. The summed E-state index contributed by atoms with van der Waals surface area (Å²) in [5.74, 6) is 1.26. The fraction of sp³-hybridized carbons (Fsp3) is 0. The molecule has 18 heavy (non-hydrogen) atoms. The highest BCUT2D eigenvalue weighted by Crippen LogP contribution is 2.27. The molecular weight excluding hydrogens is 366 g/mol. The summed E-state index contributed by atoms with van der Waals surface area (Å²) in [4.78, 5) is 8.21. The van der Waals surface area contributed by atoms with E-state index in [-0.39, 0.29) is 0 Å². The third-order valence-corrected chi connectivity index (χ3v) is 3.08. The molecule has 0 atom stereocenters. The molecule has 1 aromatic carbocycles. The van der Waals surface area contributed by atoms with E-state index in [1.54, 1.807) is 0 Å². The van der Waals surface area contributed by atoms with Crippen molar-refractivity contribution in [3.05, 3.63) is 33.5 Å². The first kappa shape index (κ1) is 11.5. The molecule has 0 radical (unpaired) electrons. The zero-order valence-electron chi connectivity index (χ0n) is 8.76. The van der Waals surface area contributed by atoms with Crippen molar-refractivity contribution in [3.8, 4) is 23.1 Å². The van der Waals surface area contributed by atoms with Crippen LogP contribution in [0.2, 0.25) is 0 Å². The quantitative estimate of drug-likeness (QED) is 0.749. The lowest BCUT2D eigenvalue weighted by atomic mass is 10.2. The summed E-state index contributed by atoms with van der Waals surface area (Å²) in [6.07, 6.45) is 1.39. The topological polar surface area (TPSA) is 80.5 Å². The largest absolute Gasteiger partial charge is 0.333 e. The molecule has 90 valence electrons. The number of aromatic amines is 1. The Morgan fingerprint density at radius 2 is 1.89 bits per heavy atom. The number of nitrogens with zero attached hydrogens (tertiary/aromatic N) is 4. The minimum absolute atomic E-state index is 0.374. The molecule has 0 unspecified atom stereocenters. The fourth-order valence-corrected chi connectivity index (χ4v) is 2.72. The maximum Gasteiger partial charge on any atom is 0.258 e. The Labute approximate surface area is 118 Å². The lowest BCUT2D eigenvalue weighted by Crippen LogP contribution is -1.84. The Kier molecular flexibility index (Phi) is 2.96. The Morgan fingerprint density at radius 1 is 1.11 bits per heavy atom. The molecule has 6 nitrogen and oxygen atoms in total. The summed E-state index contributed by atoms with van der Waals surface area (Å²) >= 11 is 6.81. The lowest BCUT2D eigenvalue weighted by Gasteiger charge is -1.97. The molecule has 0 saturated heterocycles. The monoisotopic (exact) mass is 369 g/mol. The molecule has 2 heterocycles. The SMILES string of the molecule is Brc1cc(Br)cc(-c2nc(-c3ncn[nH]3)no2)c1. The first-order chi connectivity index (χ1) is 8.72. The van der Waals surface area contributed by atoms with Gasteiger partial charge in [0.25, 0.3) is 5.89 Å². The molecule has 0 aliphatic rings. The lowest BCUT2D eigenvalue weighted by molar-refractivity contribution is 0.432. The summed E-state index contributed by atoms with van der Waals surface area (Å²) in [6, 6.07) is 5.71. The fourth-order valence-electron chi connectivity index (χ4n) is 1.43. The van der Waals surface area contributed by atoms with Crippen LogP contribution in [0.25, 0.3) is 23.1 Å². The van der Waals surface area contributed by atoms with Gasteiger partial charge in [0.05, 0.1) is 0 Å². The zero-order chi connectivity index (χ0) is 12.5. The minimum atomic E-state index is 0.374. The molecule has 0 bridgehead atoms. The zero-order valence-corrected chi connectivity index (χ0v) is 11.9. The van der Waals surface area contributed by atoms with Crippen molar-refractivity contribution in [1.29, 1.82) is 0 Å². The van der Waals surface area contributed by atoms with Crippen molar-refractivity contribution < 1.29 is 4.52 Å². The number of hydrogen-bond donors (Lipinski definition) is 1. The van der Waals surface area contributed by atoms with E-state index < -0.39 is 0 Å². The number of rotatable bonds is 2. The van der Waals surface area contributed by atoms with Crippen LogP contribution in [-0.2, 0) is 0 Å². The number of H-pyrrole nitrogens is 1. The number of halogens is 2. The van der Waals surface area contributed by atoms with Gasteiger partial charge in [0.15, 0.2) is 5.82 Å². The van der Waals surface area contributed by atoms with Crippen LogP contribution in [0.4, 0.5) is 0 Å². The molecule has 0 saturated carbocycles. The number of benzene rings is 1. The van der Waals surface area contributed by atoms with Crippen LogP contribution in [0, 0.1) is 0 Å². The number of aromatic nitrogens is 5. The molecule has 8 heteroatoms. The third-order valence-electron chi connectivity index (χ3n) is 2.16. The summed E-state index contributed by atoms with van der Waals surface area (Å²) in [5.41, 5.74) is 0.814. The van der Waals surface area contributed by atoms with Crippen LogP contribution in [0.3, 0.4) is 0 Å². The van der Waals surface area contributed by atoms with Crippen LogP contribution in [-0.4, -0.2) is 25.3 Å². The maximum absolute atomic E-state index is 5.19. The average molecular weight is 371 g/mol. The van der Waals surface area contributed by atoms with Crippen LogP contribution < -0.4 is 0 Å². The summed E-state index contributed by atoms with van der Waals surface area (Å²) in [5, 5.41) is 10.3. The molecule has 0 spiro atoms. The van der Waals surface area contributed by atoms with Gasteiger partial charge in [0.2, 0.25) is 5.82 Å². The second-order valence-corrected chi connectivity index (χ2v) is 5.25. The van der Waals surface area contributed by atoms with Crippen molar-refractivity contribution in [2.24, 2.45) is 0 Å². The Bertz CT molecular complexity index is 659. The molecule has 2 aromatic heterocycles.